The molecule has 0 bridgehead atoms. The third-order valence-electron chi connectivity index (χ3n) is 4.51. The minimum Gasteiger partial charge on any atom is -0.494 e. The van der Waals surface area contributed by atoms with E-state index in [2.05, 4.69) is 4.99 Å². The highest BCUT2D eigenvalue weighted by Crippen LogP contribution is 2.26. The summed E-state index contributed by atoms with van der Waals surface area (Å²) in [6.45, 7) is 9.39. The molecule has 0 spiro atoms. The smallest absolute Gasteiger partial charge is 0.271 e. The van der Waals surface area contributed by atoms with Crippen molar-refractivity contribution >= 4 is 11.9 Å². The Labute approximate surface area is 147 Å². The molecule has 0 fully saturated rings. The van der Waals surface area contributed by atoms with Gasteiger partial charge < -0.3 is 5.11 Å². The summed E-state index contributed by atoms with van der Waals surface area (Å²) >= 11 is 0. The summed E-state index contributed by atoms with van der Waals surface area (Å²) in [6, 6.07) is 7.65. The molecule has 25 heavy (non-hydrogen) atoms. The molecule has 0 radical (unpaired) electrons. The highest BCUT2D eigenvalue weighted by Gasteiger charge is 2.20. The molecule has 5 heteroatoms. The highest BCUT2D eigenvalue weighted by atomic mass is 16.3. The lowest BCUT2D eigenvalue weighted by atomic mass is 10.0. The Morgan fingerprint density at radius 2 is 2.04 bits per heavy atom. The lowest BCUT2D eigenvalue weighted by Gasteiger charge is -2.18. The van der Waals surface area contributed by atoms with Crippen LogP contribution in [0.5, 0.6) is 5.88 Å². The van der Waals surface area contributed by atoms with Crippen molar-refractivity contribution in [2.24, 2.45) is 4.99 Å². The van der Waals surface area contributed by atoms with Crippen molar-refractivity contribution in [1.82, 2.24) is 4.57 Å². The standard InChI is InChI=1S/C20H23N3O2/c1-6-14(4)23-19(24)16(10-21)15(5)17(20(23)25)11-22-18-8-7-12(2)9-13(18)3/h7-9,11,14,25H,6H2,1-5H3. The van der Waals surface area contributed by atoms with Crippen LogP contribution in [0.3, 0.4) is 0 Å². The van der Waals surface area contributed by atoms with Crippen molar-refractivity contribution in [3.05, 3.63) is 56.4 Å². The molecule has 0 saturated heterocycles. The van der Waals surface area contributed by atoms with Gasteiger partial charge >= 0.3 is 0 Å². The number of pyridine rings is 1. The molecule has 0 aliphatic carbocycles. The molecular formula is C20H23N3O2. The van der Waals surface area contributed by atoms with Crippen molar-refractivity contribution < 1.29 is 5.11 Å². The summed E-state index contributed by atoms with van der Waals surface area (Å²) in [4.78, 5) is 17.0. The second kappa shape index (κ2) is 7.35. The highest BCUT2D eigenvalue weighted by molar-refractivity contribution is 5.87. The molecule has 0 amide bonds. The third kappa shape index (κ3) is 3.48. The summed E-state index contributed by atoms with van der Waals surface area (Å²) in [5, 5.41) is 20.0. The quantitative estimate of drug-likeness (QED) is 0.854. The predicted molar refractivity (Wildman–Crippen MR) is 100.0 cm³/mol. The molecule has 0 saturated carbocycles. The van der Waals surface area contributed by atoms with Crippen molar-refractivity contribution in [3.63, 3.8) is 0 Å². The van der Waals surface area contributed by atoms with Gasteiger partial charge in [-0.15, -0.1) is 0 Å². The average molecular weight is 337 g/mol. The minimum atomic E-state index is -0.462. The van der Waals surface area contributed by atoms with Gasteiger partial charge in [0, 0.05) is 12.3 Å². The largest absolute Gasteiger partial charge is 0.494 e. The third-order valence-corrected chi connectivity index (χ3v) is 4.51. The first-order valence-electron chi connectivity index (χ1n) is 8.31. The normalized spacial score (nSPS) is 12.3. The van der Waals surface area contributed by atoms with Gasteiger partial charge in [-0.1, -0.05) is 24.6 Å². The summed E-state index contributed by atoms with van der Waals surface area (Å²) in [5.41, 5.74) is 3.37. The Hall–Kier alpha value is -2.87. The van der Waals surface area contributed by atoms with Crippen LogP contribution in [0.4, 0.5) is 5.69 Å². The lowest BCUT2D eigenvalue weighted by molar-refractivity contribution is 0.372. The maximum atomic E-state index is 12.5. The fourth-order valence-corrected chi connectivity index (χ4v) is 2.77. The number of rotatable bonds is 4. The van der Waals surface area contributed by atoms with Gasteiger partial charge in [-0.2, -0.15) is 5.26 Å². The van der Waals surface area contributed by atoms with Crippen LogP contribution in [0.15, 0.2) is 28.0 Å². The number of aromatic hydroxyl groups is 1. The van der Waals surface area contributed by atoms with Gasteiger partial charge in [-0.3, -0.25) is 14.4 Å². The summed E-state index contributed by atoms with van der Waals surface area (Å²) in [6.07, 6.45) is 2.19. The Kier molecular flexibility index (Phi) is 5.43. The second-order valence-electron chi connectivity index (χ2n) is 6.33. The van der Waals surface area contributed by atoms with Crippen LogP contribution in [0.2, 0.25) is 0 Å². The average Bonchev–Trinajstić information content (AvgIpc) is 2.56. The van der Waals surface area contributed by atoms with E-state index >= 15 is 0 Å². The monoisotopic (exact) mass is 337 g/mol. The molecule has 1 unspecified atom stereocenters. The van der Waals surface area contributed by atoms with E-state index in [0.717, 1.165) is 16.8 Å². The van der Waals surface area contributed by atoms with Crippen LogP contribution in [-0.4, -0.2) is 15.9 Å². The molecule has 130 valence electrons. The molecule has 1 aromatic carbocycles. The molecule has 1 aromatic heterocycles. The SMILES string of the molecule is CCC(C)n1c(O)c(C=Nc2ccc(C)cc2C)c(C)c(C#N)c1=O. The van der Waals surface area contributed by atoms with E-state index < -0.39 is 5.56 Å². The van der Waals surface area contributed by atoms with Crippen LogP contribution in [0.25, 0.3) is 0 Å². The Bertz CT molecular complexity index is 933. The fraction of sp³-hybridized carbons (Fsp3) is 0.350. The first-order chi connectivity index (χ1) is 11.8. The van der Waals surface area contributed by atoms with Gasteiger partial charge in [0.2, 0.25) is 5.88 Å². The number of nitriles is 1. The van der Waals surface area contributed by atoms with E-state index in [1.54, 1.807) is 6.92 Å². The summed E-state index contributed by atoms with van der Waals surface area (Å²) < 4.78 is 1.27. The van der Waals surface area contributed by atoms with Gasteiger partial charge in [-0.05, 0) is 51.3 Å². The molecule has 2 aromatic rings. The van der Waals surface area contributed by atoms with Crippen LogP contribution in [-0.2, 0) is 0 Å². The first-order valence-corrected chi connectivity index (χ1v) is 8.31. The van der Waals surface area contributed by atoms with E-state index in [-0.39, 0.29) is 17.5 Å². The van der Waals surface area contributed by atoms with Gasteiger partial charge in [0.25, 0.3) is 5.56 Å². The Morgan fingerprint density at radius 1 is 1.36 bits per heavy atom. The lowest BCUT2D eigenvalue weighted by Crippen LogP contribution is -2.27. The van der Waals surface area contributed by atoms with Gasteiger partial charge in [0.05, 0.1) is 11.3 Å². The summed E-state index contributed by atoms with van der Waals surface area (Å²) in [5.74, 6) is -0.149. The molecule has 1 atom stereocenters. The van der Waals surface area contributed by atoms with E-state index in [1.807, 2.05) is 52.0 Å². The second-order valence-corrected chi connectivity index (χ2v) is 6.33. The van der Waals surface area contributed by atoms with E-state index in [4.69, 9.17) is 0 Å². The van der Waals surface area contributed by atoms with Gasteiger partial charge in [0.15, 0.2) is 0 Å². The van der Waals surface area contributed by atoms with Crippen LogP contribution in [0, 0.1) is 32.1 Å². The maximum Gasteiger partial charge on any atom is 0.271 e. The van der Waals surface area contributed by atoms with E-state index in [1.165, 1.54) is 10.8 Å². The van der Waals surface area contributed by atoms with Gasteiger partial charge in [-0.25, -0.2) is 0 Å². The molecule has 2 rings (SSSR count). The van der Waals surface area contributed by atoms with Crippen LogP contribution < -0.4 is 5.56 Å². The van der Waals surface area contributed by atoms with Crippen molar-refractivity contribution in [1.29, 1.82) is 5.26 Å². The summed E-state index contributed by atoms with van der Waals surface area (Å²) in [7, 11) is 0. The fourth-order valence-electron chi connectivity index (χ4n) is 2.77. The Balaban J connectivity index is 2.67. The molecule has 1 N–H and O–H groups in total. The molecule has 0 aliphatic heterocycles. The maximum absolute atomic E-state index is 12.5. The van der Waals surface area contributed by atoms with Crippen molar-refractivity contribution in [2.45, 2.75) is 47.1 Å². The topological polar surface area (TPSA) is 78.4 Å². The Morgan fingerprint density at radius 3 is 2.60 bits per heavy atom. The minimum absolute atomic E-state index is 0.0418. The van der Waals surface area contributed by atoms with Crippen LogP contribution in [0.1, 0.15) is 54.1 Å². The zero-order valence-electron chi connectivity index (χ0n) is 15.3. The molecule has 5 nitrogen and oxygen atoms in total. The van der Waals surface area contributed by atoms with Crippen LogP contribution >= 0.6 is 0 Å². The van der Waals surface area contributed by atoms with Crippen molar-refractivity contribution in [3.8, 4) is 11.9 Å². The number of aryl methyl sites for hydroxylation is 2. The number of hydrogen-bond donors (Lipinski definition) is 1. The number of aromatic nitrogens is 1. The van der Waals surface area contributed by atoms with Gasteiger partial charge in [0.1, 0.15) is 11.6 Å². The van der Waals surface area contributed by atoms with E-state index in [9.17, 15) is 15.2 Å². The zero-order chi connectivity index (χ0) is 18.7. The number of hydrogen-bond acceptors (Lipinski definition) is 4. The molecule has 1 heterocycles. The number of nitrogens with zero attached hydrogens (tertiary/aromatic N) is 3. The zero-order valence-corrected chi connectivity index (χ0v) is 15.3. The predicted octanol–water partition coefficient (Wildman–Crippen LogP) is 4.07. The van der Waals surface area contributed by atoms with E-state index in [0.29, 0.717) is 17.5 Å². The molecule has 0 aliphatic rings. The number of aliphatic imine (C=N–C) groups is 1. The first kappa shape index (κ1) is 18.5. The van der Waals surface area contributed by atoms with Crippen molar-refractivity contribution in [2.75, 3.05) is 0 Å². The molecular weight excluding hydrogens is 314 g/mol. The number of benzene rings is 1.